The molecule has 3 N–H and O–H groups in total. The minimum atomic E-state index is -0.731. The average Bonchev–Trinajstić information content (AvgIpc) is 2.33. The van der Waals surface area contributed by atoms with Gasteiger partial charge in [0, 0.05) is 10.7 Å². The molecule has 0 unspecified atom stereocenters. The molecule has 19 heavy (non-hydrogen) atoms. The summed E-state index contributed by atoms with van der Waals surface area (Å²) < 4.78 is 0.701. The maximum Gasteiger partial charge on any atom is 0.325 e. The number of amides is 1. The summed E-state index contributed by atoms with van der Waals surface area (Å²) in [6.07, 6.45) is 1.08. The number of hydrogen-bond acceptors (Lipinski definition) is 3. The van der Waals surface area contributed by atoms with E-state index >= 15 is 0 Å². The van der Waals surface area contributed by atoms with Crippen molar-refractivity contribution in [3.05, 3.63) is 60.8 Å². The lowest BCUT2D eigenvalue weighted by atomic mass is 10.2. The quantitative estimate of drug-likeness (QED) is 0.779. The highest BCUT2D eigenvalue weighted by Gasteiger charge is 2.12. The topological polar surface area (TPSA) is 94.8 Å². The van der Waals surface area contributed by atoms with Gasteiger partial charge in [-0.05, 0) is 40.5 Å². The maximum atomic E-state index is 11.9. The Morgan fingerprint density at radius 2 is 2.05 bits per heavy atom. The normalized spacial score (nSPS) is 10.2. The van der Waals surface area contributed by atoms with Crippen molar-refractivity contribution in [1.29, 1.82) is 0 Å². The van der Waals surface area contributed by atoms with Crippen LogP contribution in [0.2, 0.25) is 0 Å². The van der Waals surface area contributed by atoms with Crippen LogP contribution in [0.5, 0.6) is 0 Å². The van der Waals surface area contributed by atoms with E-state index in [9.17, 15) is 14.4 Å². The number of rotatable bonds is 2. The third-order valence-corrected chi connectivity index (χ3v) is 3.13. The van der Waals surface area contributed by atoms with Crippen LogP contribution in [0.25, 0.3) is 0 Å². The molecule has 0 saturated carbocycles. The zero-order valence-electron chi connectivity index (χ0n) is 9.91. The summed E-state index contributed by atoms with van der Waals surface area (Å²) in [7, 11) is 0. The molecular formula is C12H10BrN3O3. The van der Waals surface area contributed by atoms with Gasteiger partial charge in [-0.25, -0.2) is 4.79 Å². The van der Waals surface area contributed by atoms with Gasteiger partial charge in [0.1, 0.15) is 5.56 Å². The fraction of sp³-hybridized carbons (Fsp3) is 0.0833. The first-order valence-corrected chi connectivity index (χ1v) is 6.16. The van der Waals surface area contributed by atoms with E-state index in [1.807, 2.05) is 18.0 Å². The molecule has 0 bridgehead atoms. The monoisotopic (exact) mass is 323 g/mol. The minimum absolute atomic E-state index is 0.159. The summed E-state index contributed by atoms with van der Waals surface area (Å²) in [5.74, 6) is -0.594. The van der Waals surface area contributed by atoms with Gasteiger partial charge in [-0.3, -0.25) is 14.6 Å². The fourth-order valence-corrected chi connectivity index (χ4v) is 1.85. The number of aryl methyl sites for hydroxylation is 1. The molecule has 7 heteroatoms. The van der Waals surface area contributed by atoms with Crippen molar-refractivity contribution in [2.75, 3.05) is 5.32 Å². The first kappa shape index (κ1) is 13.3. The summed E-state index contributed by atoms with van der Waals surface area (Å²) in [6, 6.07) is 5.44. The fourth-order valence-electron chi connectivity index (χ4n) is 1.50. The van der Waals surface area contributed by atoms with Crippen LogP contribution in [-0.4, -0.2) is 15.9 Å². The smallest absolute Gasteiger partial charge is 0.321 e. The lowest BCUT2D eigenvalue weighted by Crippen LogP contribution is -2.29. The molecule has 2 aromatic rings. The van der Waals surface area contributed by atoms with Crippen LogP contribution in [-0.2, 0) is 0 Å². The first-order valence-electron chi connectivity index (χ1n) is 5.37. The van der Waals surface area contributed by atoms with E-state index in [-0.39, 0.29) is 5.56 Å². The van der Waals surface area contributed by atoms with Crippen LogP contribution < -0.4 is 16.6 Å². The van der Waals surface area contributed by atoms with Crippen molar-refractivity contribution in [3.8, 4) is 0 Å². The largest absolute Gasteiger partial charge is 0.325 e. The van der Waals surface area contributed by atoms with Gasteiger partial charge in [-0.2, -0.15) is 0 Å². The van der Waals surface area contributed by atoms with Gasteiger partial charge in [-0.1, -0.05) is 6.07 Å². The number of carbonyl (C=O) groups is 1. The highest BCUT2D eigenvalue weighted by atomic mass is 79.9. The van der Waals surface area contributed by atoms with Crippen LogP contribution in [0.1, 0.15) is 15.9 Å². The highest BCUT2D eigenvalue weighted by Crippen LogP contribution is 2.23. The van der Waals surface area contributed by atoms with E-state index in [4.69, 9.17) is 0 Å². The van der Waals surface area contributed by atoms with Crippen molar-refractivity contribution >= 4 is 27.5 Å². The van der Waals surface area contributed by atoms with Crippen LogP contribution in [0.15, 0.2) is 38.5 Å². The Kier molecular flexibility index (Phi) is 3.66. The number of anilines is 1. The average molecular weight is 324 g/mol. The molecule has 0 aliphatic carbocycles. The summed E-state index contributed by atoms with van der Waals surface area (Å²) in [5.41, 5.74) is -0.0270. The van der Waals surface area contributed by atoms with E-state index < -0.39 is 17.2 Å². The van der Waals surface area contributed by atoms with Gasteiger partial charge in [0.2, 0.25) is 0 Å². The Bertz CT molecular complexity index is 748. The van der Waals surface area contributed by atoms with Gasteiger partial charge < -0.3 is 10.3 Å². The van der Waals surface area contributed by atoms with Crippen molar-refractivity contribution in [2.45, 2.75) is 6.92 Å². The predicted molar refractivity (Wildman–Crippen MR) is 74.5 cm³/mol. The van der Waals surface area contributed by atoms with Crippen LogP contribution >= 0.6 is 15.9 Å². The van der Waals surface area contributed by atoms with Gasteiger partial charge in [-0.15, -0.1) is 0 Å². The zero-order valence-corrected chi connectivity index (χ0v) is 11.5. The Balaban J connectivity index is 2.33. The number of hydrogen-bond donors (Lipinski definition) is 3. The SMILES string of the molecule is Cc1ccc(Br)c(NC(=O)c2c[nH]c(=O)[nH]c2=O)c1. The zero-order chi connectivity index (χ0) is 14.0. The molecule has 0 saturated heterocycles. The molecule has 0 spiro atoms. The van der Waals surface area contributed by atoms with E-state index in [1.54, 1.807) is 12.1 Å². The van der Waals surface area contributed by atoms with Gasteiger partial charge in [0.05, 0.1) is 5.69 Å². The van der Waals surface area contributed by atoms with Gasteiger partial charge in [0.15, 0.2) is 0 Å². The molecule has 6 nitrogen and oxygen atoms in total. The Hall–Kier alpha value is -2.15. The second-order valence-corrected chi connectivity index (χ2v) is 4.78. The molecule has 0 aliphatic rings. The van der Waals surface area contributed by atoms with Crippen LogP contribution in [0.4, 0.5) is 5.69 Å². The van der Waals surface area contributed by atoms with Crippen LogP contribution in [0, 0.1) is 6.92 Å². The summed E-state index contributed by atoms with van der Waals surface area (Å²) in [4.78, 5) is 38.5. The van der Waals surface area contributed by atoms with Crippen molar-refractivity contribution in [2.24, 2.45) is 0 Å². The van der Waals surface area contributed by atoms with Gasteiger partial charge in [0.25, 0.3) is 11.5 Å². The summed E-state index contributed by atoms with van der Waals surface area (Å²) in [6.45, 7) is 1.88. The van der Waals surface area contributed by atoms with E-state index in [1.165, 1.54) is 0 Å². The molecule has 0 radical (unpaired) electrons. The van der Waals surface area contributed by atoms with Crippen molar-refractivity contribution in [3.63, 3.8) is 0 Å². The number of aromatic amines is 2. The number of benzene rings is 1. The first-order chi connectivity index (χ1) is 8.97. The molecule has 0 fully saturated rings. The molecule has 0 aliphatic heterocycles. The van der Waals surface area contributed by atoms with E-state index in [0.29, 0.717) is 10.2 Å². The highest BCUT2D eigenvalue weighted by molar-refractivity contribution is 9.10. The third-order valence-electron chi connectivity index (χ3n) is 2.43. The van der Waals surface area contributed by atoms with Crippen molar-refractivity contribution < 1.29 is 4.79 Å². The maximum absolute atomic E-state index is 11.9. The number of halogens is 1. The van der Waals surface area contributed by atoms with E-state index in [2.05, 4.69) is 26.2 Å². The summed E-state index contributed by atoms with van der Waals surface area (Å²) >= 11 is 3.30. The molecule has 1 heterocycles. The molecule has 2 rings (SSSR count). The molecule has 98 valence electrons. The molecule has 1 aromatic carbocycles. The predicted octanol–water partition coefficient (Wildman–Crippen LogP) is 1.39. The standard InChI is InChI=1S/C12H10BrN3O3/c1-6-2-3-8(13)9(4-6)15-10(17)7-5-14-12(19)16-11(7)18/h2-5H,1H3,(H,15,17)(H2,14,16,18,19). The Labute approximate surface area is 116 Å². The molecule has 1 aromatic heterocycles. The number of nitrogens with one attached hydrogen (secondary N) is 3. The molecular weight excluding hydrogens is 314 g/mol. The Morgan fingerprint density at radius 3 is 2.74 bits per heavy atom. The molecule has 1 amide bonds. The minimum Gasteiger partial charge on any atom is -0.321 e. The third kappa shape index (κ3) is 3.00. The van der Waals surface area contributed by atoms with Gasteiger partial charge >= 0.3 is 5.69 Å². The Morgan fingerprint density at radius 1 is 1.32 bits per heavy atom. The number of H-pyrrole nitrogens is 2. The lowest BCUT2D eigenvalue weighted by Gasteiger charge is -2.07. The van der Waals surface area contributed by atoms with E-state index in [0.717, 1.165) is 11.8 Å². The van der Waals surface area contributed by atoms with Crippen LogP contribution in [0.3, 0.4) is 0 Å². The second kappa shape index (κ2) is 5.23. The molecule has 0 atom stereocenters. The second-order valence-electron chi connectivity index (χ2n) is 3.92. The lowest BCUT2D eigenvalue weighted by molar-refractivity contribution is 0.102. The van der Waals surface area contributed by atoms with Crippen molar-refractivity contribution in [1.82, 2.24) is 9.97 Å². The number of aromatic nitrogens is 2. The summed E-state index contributed by atoms with van der Waals surface area (Å²) in [5, 5.41) is 2.60. The number of carbonyl (C=O) groups excluding carboxylic acids is 1.